The third kappa shape index (κ3) is 5.10. The second kappa shape index (κ2) is 8.59. The maximum Gasteiger partial charge on any atom is 0.241 e. The maximum absolute atomic E-state index is 13.0. The summed E-state index contributed by atoms with van der Waals surface area (Å²) in [4.78, 5) is 13.7. The Morgan fingerprint density at radius 1 is 1.03 bits per heavy atom. The zero-order valence-corrected chi connectivity index (χ0v) is 16.9. The molecule has 3 rings (SSSR count). The van der Waals surface area contributed by atoms with Crippen LogP contribution < -0.4 is 9.46 Å². The molecule has 0 spiro atoms. The van der Waals surface area contributed by atoms with Gasteiger partial charge in [0.1, 0.15) is 11.6 Å². The molecule has 0 unspecified atom stereocenters. The number of nitrogens with one attached hydrogen (secondary N) is 1. The lowest BCUT2D eigenvalue weighted by atomic mass is 10.1. The lowest BCUT2D eigenvalue weighted by Gasteiger charge is -2.18. The highest BCUT2D eigenvalue weighted by molar-refractivity contribution is 7.89. The van der Waals surface area contributed by atoms with Crippen LogP contribution in [0.25, 0.3) is 10.8 Å². The van der Waals surface area contributed by atoms with Gasteiger partial charge in [0.15, 0.2) is 0 Å². The maximum atomic E-state index is 13.0. The molecular weight excluding hydrogens is 395 g/mol. The van der Waals surface area contributed by atoms with E-state index < -0.39 is 15.8 Å². The summed E-state index contributed by atoms with van der Waals surface area (Å²) < 4.78 is 44.8. The van der Waals surface area contributed by atoms with Gasteiger partial charge < -0.3 is 9.64 Å². The van der Waals surface area contributed by atoms with E-state index in [1.807, 2.05) is 36.4 Å². The van der Waals surface area contributed by atoms with Crippen LogP contribution in [-0.4, -0.2) is 39.9 Å². The standard InChI is InChI=1S/C21H21FN2O4S/c1-24(14-15-3-4-17-12-19(28-2)8-5-16(17)11-15)21(25)13-23-29(26,27)20-9-6-18(22)7-10-20/h3-12,23H,13-14H2,1-2H3. The molecule has 3 aromatic rings. The Kier molecular flexibility index (Phi) is 6.14. The van der Waals surface area contributed by atoms with Gasteiger partial charge in [0.05, 0.1) is 18.6 Å². The molecule has 29 heavy (non-hydrogen) atoms. The lowest BCUT2D eigenvalue weighted by Crippen LogP contribution is -2.37. The predicted molar refractivity (Wildman–Crippen MR) is 109 cm³/mol. The van der Waals surface area contributed by atoms with Crippen molar-refractivity contribution in [1.82, 2.24) is 9.62 Å². The van der Waals surface area contributed by atoms with Crippen LogP contribution in [0, 0.1) is 5.82 Å². The number of ether oxygens (including phenoxy) is 1. The molecule has 0 saturated carbocycles. The number of carbonyl (C=O) groups excluding carboxylic acids is 1. The Labute approximate surface area is 169 Å². The van der Waals surface area contributed by atoms with E-state index in [0.717, 1.165) is 46.4 Å². The van der Waals surface area contributed by atoms with Crippen molar-refractivity contribution in [2.24, 2.45) is 0 Å². The van der Waals surface area contributed by atoms with Gasteiger partial charge in [0, 0.05) is 13.6 Å². The van der Waals surface area contributed by atoms with Gasteiger partial charge in [-0.1, -0.05) is 18.2 Å². The molecule has 0 aliphatic heterocycles. The van der Waals surface area contributed by atoms with E-state index in [1.165, 1.54) is 4.90 Å². The van der Waals surface area contributed by atoms with Crippen LogP contribution >= 0.6 is 0 Å². The fraction of sp³-hybridized carbons (Fsp3) is 0.190. The summed E-state index contributed by atoms with van der Waals surface area (Å²) in [5, 5.41) is 2.04. The van der Waals surface area contributed by atoms with Crippen LogP contribution in [0.2, 0.25) is 0 Å². The van der Waals surface area contributed by atoms with Gasteiger partial charge in [-0.05, 0) is 58.8 Å². The van der Waals surface area contributed by atoms with Gasteiger partial charge in [-0.3, -0.25) is 4.79 Å². The van der Waals surface area contributed by atoms with E-state index in [4.69, 9.17) is 4.74 Å². The predicted octanol–water partition coefficient (Wildman–Crippen LogP) is 2.92. The highest BCUT2D eigenvalue weighted by Crippen LogP contribution is 2.22. The Morgan fingerprint density at radius 3 is 2.38 bits per heavy atom. The molecule has 6 nitrogen and oxygen atoms in total. The average Bonchev–Trinajstić information content (AvgIpc) is 2.72. The van der Waals surface area contributed by atoms with Crippen LogP contribution in [0.4, 0.5) is 4.39 Å². The van der Waals surface area contributed by atoms with Gasteiger partial charge in [0.25, 0.3) is 0 Å². The van der Waals surface area contributed by atoms with Gasteiger partial charge in [-0.25, -0.2) is 17.5 Å². The summed E-state index contributed by atoms with van der Waals surface area (Å²) in [6.07, 6.45) is 0. The van der Waals surface area contributed by atoms with E-state index >= 15 is 0 Å². The molecule has 0 aliphatic rings. The fourth-order valence-corrected chi connectivity index (χ4v) is 3.82. The molecule has 1 N–H and O–H groups in total. The number of nitrogens with zero attached hydrogens (tertiary/aromatic N) is 1. The number of carbonyl (C=O) groups is 1. The smallest absolute Gasteiger partial charge is 0.241 e. The van der Waals surface area contributed by atoms with Crippen LogP contribution in [0.1, 0.15) is 5.56 Å². The number of halogens is 1. The molecule has 152 valence electrons. The molecule has 3 aromatic carbocycles. The highest BCUT2D eigenvalue weighted by Gasteiger charge is 2.17. The summed E-state index contributed by atoms with van der Waals surface area (Å²) in [5.74, 6) is -0.148. The highest BCUT2D eigenvalue weighted by atomic mass is 32.2. The van der Waals surface area contributed by atoms with Gasteiger partial charge in [0.2, 0.25) is 15.9 Å². The molecule has 0 radical (unpaired) electrons. The number of hydrogen-bond acceptors (Lipinski definition) is 4. The minimum atomic E-state index is -3.89. The second-order valence-corrected chi connectivity index (χ2v) is 8.34. The second-order valence-electron chi connectivity index (χ2n) is 6.58. The molecule has 0 aromatic heterocycles. The number of methoxy groups -OCH3 is 1. The molecule has 8 heteroatoms. The van der Waals surface area contributed by atoms with Crippen molar-refractivity contribution in [2.75, 3.05) is 20.7 Å². The summed E-state index contributed by atoms with van der Waals surface area (Å²) in [6.45, 7) is -0.0555. The zero-order valence-electron chi connectivity index (χ0n) is 16.1. The van der Waals surface area contributed by atoms with Crippen LogP contribution in [0.5, 0.6) is 5.75 Å². The van der Waals surface area contributed by atoms with E-state index in [9.17, 15) is 17.6 Å². The average molecular weight is 416 g/mol. The molecule has 0 aliphatic carbocycles. The largest absolute Gasteiger partial charge is 0.497 e. The third-order valence-corrected chi connectivity index (χ3v) is 5.91. The molecular formula is C21H21FN2O4S. The van der Waals surface area contributed by atoms with Gasteiger partial charge in [-0.15, -0.1) is 0 Å². The number of sulfonamides is 1. The molecule has 0 saturated heterocycles. The van der Waals surface area contributed by atoms with E-state index in [-0.39, 0.29) is 17.3 Å². The number of fused-ring (bicyclic) bond motifs is 1. The number of rotatable bonds is 7. The van der Waals surface area contributed by atoms with Gasteiger partial charge in [-0.2, -0.15) is 0 Å². The Hall–Kier alpha value is -2.97. The summed E-state index contributed by atoms with van der Waals surface area (Å²) in [6, 6.07) is 16.0. The van der Waals surface area contributed by atoms with Crippen LogP contribution in [0.3, 0.4) is 0 Å². The number of benzene rings is 3. The molecule has 0 bridgehead atoms. The topological polar surface area (TPSA) is 75.7 Å². The van der Waals surface area contributed by atoms with E-state index in [1.54, 1.807) is 14.2 Å². The van der Waals surface area contributed by atoms with E-state index in [2.05, 4.69) is 4.72 Å². The first-order valence-electron chi connectivity index (χ1n) is 8.84. The normalized spacial score (nSPS) is 11.4. The van der Waals surface area contributed by atoms with Crippen molar-refractivity contribution in [3.8, 4) is 5.75 Å². The van der Waals surface area contributed by atoms with E-state index in [0.29, 0.717) is 6.54 Å². The summed E-state index contributed by atoms with van der Waals surface area (Å²) in [5.41, 5.74) is 0.917. The van der Waals surface area contributed by atoms with Crippen molar-refractivity contribution < 1.29 is 22.3 Å². The quantitative estimate of drug-likeness (QED) is 0.643. The van der Waals surface area contributed by atoms with Crippen LogP contribution in [-0.2, 0) is 21.4 Å². The molecule has 1 amide bonds. The van der Waals surface area contributed by atoms with Crippen LogP contribution in [0.15, 0.2) is 65.6 Å². The molecule has 0 fully saturated rings. The minimum Gasteiger partial charge on any atom is -0.497 e. The Morgan fingerprint density at radius 2 is 1.69 bits per heavy atom. The zero-order chi connectivity index (χ0) is 21.0. The third-order valence-electron chi connectivity index (χ3n) is 4.49. The van der Waals surface area contributed by atoms with Crippen molar-refractivity contribution in [1.29, 1.82) is 0 Å². The SMILES string of the molecule is COc1ccc2cc(CN(C)C(=O)CNS(=O)(=O)c3ccc(F)cc3)ccc2c1. The van der Waals surface area contributed by atoms with Crippen molar-refractivity contribution in [3.05, 3.63) is 72.0 Å². The monoisotopic (exact) mass is 416 g/mol. The van der Waals surface area contributed by atoms with Crippen molar-refractivity contribution in [3.63, 3.8) is 0 Å². The number of hydrogen-bond donors (Lipinski definition) is 1. The van der Waals surface area contributed by atoms with Gasteiger partial charge >= 0.3 is 0 Å². The Bertz CT molecular complexity index is 1130. The van der Waals surface area contributed by atoms with Crippen molar-refractivity contribution in [2.45, 2.75) is 11.4 Å². The number of likely N-dealkylation sites (N-methyl/N-ethyl adjacent to an activating group) is 1. The fourth-order valence-electron chi connectivity index (χ4n) is 2.85. The lowest BCUT2D eigenvalue weighted by molar-refractivity contribution is -0.129. The first-order chi connectivity index (χ1) is 13.8. The minimum absolute atomic E-state index is 0.0979. The molecule has 0 heterocycles. The van der Waals surface area contributed by atoms with Crippen molar-refractivity contribution >= 4 is 26.7 Å². The Balaban J connectivity index is 1.63. The first-order valence-corrected chi connectivity index (χ1v) is 10.3. The molecule has 0 atom stereocenters. The first kappa shape index (κ1) is 20.8. The summed E-state index contributed by atoms with van der Waals surface area (Å²) in [7, 11) is -0.675. The number of amides is 1. The summed E-state index contributed by atoms with van der Waals surface area (Å²) >= 11 is 0.